The van der Waals surface area contributed by atoms with Gasteiger partial charge in [0.15, 0.2) is 0 Å². The molecule has 0 bridgehead atoms. The fourth-order valence-corrected chi connectivity index (χ4v) is 3.86. The lowest BCUT2D eigenvalue weighted by Gasteiger charge is -2.25. The first-order valence-electron chi connectivity index (χ1n) is 8.52. The number of carbonyl (C=O) groups is 1. The number of nitrogens with zero attached hydrogens (tertiary/aromatic N) is 4. The van der Waals surface area contributed by atoms with Crippen LogP contribution in [-0.4, -0.2) is 46.5 Å². The second-order valence-electron chi connectivity index (χ2n) is 6.81. The van der Waals surface area contributed by atoms with Gasteiger partial charge in [0.2, 0.25) is 0 Å². The van der Waals surface area contributed by atoms with Gasteiger partial charge in [-0.15, -0.1) is 0 Å². The number of rotatable bonds is 2. The number of carbonyl (C=O) groups excluding carboxylic acids is 1. The highest BCUT2D eigenvalue weighted by atomic mass is 19.4. The van der Waals surface area contributed by atoms with Gasteiger partial charge >= 0.3 is 6.18 Å². The Balaban J connectivity index is 1.53. The monoisotopic (exact) mass is 380 g/mol. The molecule has 142 valence electrons. The summed E-state index contributed by atoms with van der Waals surface area (Å²) in [5.41, 5.74) is -0.574. The number of amides is 1. The minimum Gasteiger partial charge on any atom is -0.354 e. The van der Waals surface area contributed by atoms with Crippen molar-refractivity contribution in [2.45, 2.75) is 18.6 Å². The molecule has 0 aromatic carbocycles. The number of aromatic nitrogens is 2. The lowest BCUT2D eigenvalue weighted by molar-refractivity contribution is -0.137. The summed E-state index contributed by atoms with van der Waals surface area (Å²) < 4.78 is 52.2. The van der Waals surface area contributed by atoms with E-state index >= 15 is 0 Å². The Morgan fingerprint density at radius 3 is 2.74 bits per heavy atom. The normalized spacial score (nSPS) is 22.2. The Bertz CT molecular complexity index is 872. The van der Waals surface area contributed by atoms with Crippen molar-refractivity contribution < 1.29 is 22.4 Å². The molecule has 2 aromatic heterocycles. The van der Waals surface area contributed by atoms with Crippen molar-refractivity contribution in [3.8, 4) is 0 Å². The van der Waals surface area contributed by atoms with Gasteiger partial charge in [-0.3, -0.25) is 9.78 Å². The number of fused-ring (bicyclic) bond motifs is 1. The zero-order valence-electron chi connectivity index (χ0n) is 14.2. The Hall–Kier alpha value is -2.71. The zero-order valence-corrected chi connectivity index (χ0v) is 14.2. The van der Waals surface area contributed by atoms with Crippen LogP contribution in [0.4, 0.5) is 23.4 Å². The molecule has 5 nitrogen and oxygen atoms in total. The molecule has 2 fully saturated rings. The Kier molecular flexibility index (Phi) is 4.24. The van der Waals surface area contributed by atoms with E-state index in [2.05, 4.69) is 9.97 Å². The molecule has 4 heterocycles. The smallest absolute Gasteiger partial charge is 0.354 e. The lowest BCUT2D eigenvalue weighted by atomic mass is 10.0. The summed E-state index contributed by atoms with van der Waals surface area (Å²) >= 11 is 0. The van der Waals surface area contributed by atoms with Crippen molar-refractivity contribution in [1.82, 2.24) is 14.9 Å². The zero-order chi connectivity index (χ0) is 19.2. The van der Waals surface area contributed by atoms with Crippen LogP contribution in [0.2, 0.25) is 0 Å². The predicted molar refractivity (Wildman–Crippen MR) is 88.6 cm³/mol. The van der Waals surface area contributed by atoms with Crippen molar-refractivity contribution in [1.29, 1.82) is 0 Å². The van der Waals surface area contributed by atoms with Crippen molar-refractivity contribution in [2.24, 2.45) is 5.92 Å². The number of likely N-dealkylation sites (tertiary alicyclic amines) is 1. The van der Waals surface area contributed by atoms with E-state index in [0.717, 1.165) is 37.0 Å². The average molecular weight is 380 g/mol. The van der Waals surface area contributed by atoms with Gasteiger partial charge in [0.1, 0.15) is 11.6 Å². The molecule has 0 spiro atoms. The van der Waals surface area contributed by atoms with Crippen LogP contribution in [0, 0.1) is 11.7 Å². The molecule has 0 aliphatic carbocycles. The van der Waals surface area contributed by atoms with E-state index in [0.29, 0.717) is 19.6 Å². The molecule has 9 heteroatoms. The Labute approximate surface area is 152 Å². The number of pyridine rings is 2. The first kappa shape index (κ1) is 17.7. The molecule has 2 aliphatic heterocycles. The summed E-state index contributed by atoms with van der Waals surface area (Å²) in [5.74, 6) is -0.503. The molecule has 0 radical (unpaired) electrons. The largest absolute Gasteiger partial charge is 0.416 e. The van der Waals surface area contributed by atoms with E-state index < -0.39 is 17.6 Å². The third kappa shape index (κ3) is 3.33. The summed E-state index contributed by atoms with van der Waals surface area (Å²) in [6.45, 7) is 1.46. The summed E-state index contributed by atoms with van der Waals surface area (Å²) in [5, 5.41) is 0. The van der Waals surface area contributed by atoms with Crippen LogP contribution in [0.5, 0.6) is 0 Å². The first-order chi connectivity index (χ1) is 12.8. The fourth-order valence-electron chi connectivity index (χ4n) is 3.86. The van der Waals surface area contributed by atoms with Gasteiger partial charge in [-0.05, 0) is 24.6 Å². The van der Waals surface area contributed by atoms with Crippen molar-refractivity contribution in [3.63, 3.8) is 0 Å². The molecule has 2 aromatic rings. The maximum atomic E-state index is 13.4. The van der Waals surface area contributed by atoms with Crippen LogP contribution in [0.3, 0.4) is 0 Å². The SMILES string of the molecule is O=C(c1cncc(F)c1)N1CCC2CN(c3cc(C(F)(F)F)ccn3)CC21. The minimum atomic E-state index is -4.43. The number of halogens is 4. The number of hydrogen-bond acceptors (Lipinski definition) is 4. The molecule has 2 atom stereocenters. The number of alkyl halides is 3. The fraction of sp³-hybridized carbons (Fsp3) is 0.389. The highest BCUT2D eigenvalue weighted by Crippen LogP contribution is 2.36. The number of anilines is 1. The summed E-state index contributed by atoms with van der Waals surface area (Å²) in [6.07, 6.45) is -0.193. The standard InChI is InChI=1S/C18H16F4N4O/c19-14-5-12(7-23-8-14)17(27)26-4-2-11-9-25(10-15(11)26)16-6-13(1-3-24-16)18(20,21)22/h1,3,5-8,11,15H,2,4,9-10H2. The van der Waals surface area contributed by atoms with Gasteiger partial charge < -0.3 is 9.80 Å². The molecule has 2 saturated heterocycles. The lowest BCUT2D eigenvalue weighted by Crippen LogP contribution is -2.40. The van der Waals surface area contributed by atoms with E-state index in [1.54, 1.807) is 9.80 Å². The molecule has 2 aliphatic rings. The van der Waals surface area contributed by atoms with Crippen LogP contribution in [0.15, 0.2) is 36.8 Å². The maximum absolute atomic E-state index is 13.4. The topological polar surface area (TPSA) is 49.3 Å². The van der Waals surface area contributed by atoms with E-state index in [4.69, 9.17) is 0 Å². The highest BCUT2D eigenvalue weighted by Gasteiger charge is 2.44. The summed E-state index contributed by atoms with van der Waals surface area (Å²) in [6, 6.07) is 2.97. The van der Waals surface area contributed by atoms with E-state index in [1.165, 1.54) is 6.20 Å². The Morgan fingerprint density at radius 2 is 2.00 bits per heavy atom. The Morgan fingerprint density at radius 1 is 1.19 bits per heavy atom. The van der Waals surface area contributed by atoms with Crippen LogP contribution in [0.1, 0.15) is 22.3 Å². The van der Waals surface area contributed by atoms with Crippen LogP contribution in [0.25, 0.3) is 0 Å². The second-order valence-corrected chi connectivity index (χ2v) is 6.81. The summed E-state index contributed by atoms with van der Waals surface area (Å²) in [7, 11) is 0. The molecule has 1 amide bonds. The number of hydrogen-bond donors (Lipinski definition) is 0. The van der Waals surface area contributed by atoms with Crippen LogP contribution in [-0.2, 0) is 6.18 Å². The van der Waals surface area contributed by atoms with Gasteiger partial charge in [0.25, 0.3) is 5.91 Å². The third-order valence-corrected chi connectivity index (χ3v) is 5.16. The summed E-state index contributed by atoms with van der Waals surface area (Å²) in [4.78, 5) is 23.9. The quantitative estimate of drug-likeness (QED) is 0.752. The van der Waals surface area contributed by atoms with Gasteiger partial charge in [-0.25, -0.2) is 9.37 Å². The van der Waals surface area contributed by atoms with Crippen molar-refractivity contribution in [3.05, 3.63) is 53.7 Å². The van der Waals surface area contributed by atoms with Crippen LogP contribution < -0.4 is 4.90 Å². The van der Waals surface area contributed by atoms with Crippen molar-refractivity contribution in [2.75, 3.05) is 24.5 Å². The highest BCUT2D eigenvalue weighted by molar-refractivity contribution is 5.94. The van der Waals surface area contributed by atoms with Gasteiger partial charge in [0.05, 0.1) is 23.4 Å². The minimum absolute atomic E-state index is 0.142. The van der Waals surface area contributed by atoms with E-state index in [9.17, 15) is 22.4 Å². The molecule has 27 heavy (non-hydrogen) atoms. The second kappa shape index (κ2) is 6.47. The molecular weight excluding hydrogens is 364 g/mol. The van der Waals surface area contributed by atoms with E-state index in [-0.39, 0.29) is 29.2 Å². The van der Waals surface area contributed by atoms with Crippen LogP contribution >= 0.6 is 0 Å². The maximum Gasteiger partial charge on any atom is 0.416 e. The van der Waals surface area contributed by atoms with E-state index in [1.807, 2.05) is 0 Å². The first-order valence-corrected chi connectivity index (χ1v) is 8.52. The molecule has 0 saturated carbocycles. The van der Waals surface area contributed by atoms with Gasteiger partial charge in [0, 0.05) is 37.9 Å². The molecule has 2 unspecified atom stereocenters. The van der Waals surface area contributed by atoms with Crippen molar-refractivity contribution >= 4 is 11.7 Å². The predicted octanol–water partition coefficient (Wildman–Crippen LogP) is 2.99. The molecule has 4 rings (SSSR count). The van der Waals surface area contributed by atoms with Gasteiger partial charge in [-0.2, -0.15) is 13.2 Å². The third-order valence-electron chi connectivity index (χ3n) is 5.16. The van der Waals surface area contributed by atoms with Gasteiger partial charge in [-0.1, -0.05) is 0 Å². The molecule has 0 N–H and O–H groups in total. The molecular formula is C18H16F4N4O. The average Bonchev–Trinajstić information content (AvgIpc) is 3.21.